The highest BCUT2D eigenvalue weighted by Gasteiger charge is 2.28. The molecule has 0 amide bonds. The predicted octanol–water partition coefficient (Wildman–Crippen LogP) is 4.28. The van der Waals surface area contributed by atoms with Gasteiger partial charge in [0.05, 0.1) is 5.51 Å². The molecule has 0 N–H and O–H groups in total. The third kappa shape index (κ3) is 3.04. The topological polar surface area (TPSA) is 12.9 Å². The van der Waals surface area contributed by atoms with Crippen LogP contribution in [0.2, 0.25) is 0 Å². The Kier molecular flexibility index (Phi) is 4.21. The zero-order chi connectivity index (χ0) is 10.7. The fourth-order valence-electron chi connectivity index (χ4n) is 2.51. The number of hydrogen-bond donors (Lipinski definition) is 0. The van der Waals surface area contributed by atoms with Gasteiger partial charge in [-0.1, -0.05) is 29.3 Å². The summed E-state index contributed by atoms with van der Waals surface area (Å²) < 4.78 is 0. The van der Waals surface area contributed by atoms with Gasteiger partial charge < -0.3 is 0 Å². The molecule has 15 heavy (non-hydrogen) atoms. The van der Waals surface area contributed by atoms with Crippen molar-refractivity contribution in [3.63, 3.8) is 0 Å². The van der Waals surface area contributed by atoms with Gasteiger partial charge in [0, 0.05) is 15.9 Å². The average molecular weight is 288 g/mol. The number of halogens is 1. The summed E-state index contributed by atoms with van der Waals surface area (Å²) in [5.74, 6) is 1.78. The summed E-state index contributed by atoms with van der Waals surface area (Å²) in [4.78, 5) is 6.33. The van der Waals surface area contributed by atoms with Crippen LogP contribution in [0.5, 0.6) is 0 Å². The highest BCUT2D eigenvalue weighted by Crippen LogP contribution is 2.37. The molecule has 2 rings (SSSR count). The van der Waals surface area contributed by atoms with E-state index < -0.39 is 0 Å². The molecule has 0 spiro atoms. The van der Waals surface area contributed by atoms with E-state index >= 15 is 0 Å². The largest absolute Gasteiger partial charge is 0.253 e. The van der Waals surface area contributed by atoms with Crippen molar-refractivity contribution in [2.24, 2.45) is 11.8 Å². The van der Waals surface area contributed by atoms with E-state index in [1.54, 1.807) is 11.3 Å². The van der Waals surface area contributed by atoms with E-state index in [2.05, 4.69) is 27.8 Å². The molecule has 3 atom stereocenters. The van der Waals surface area contributed by atoms with Crippen molar-refractivity contribution in [3.05, 3.63) is 16.6 Å². The van der Waals surface area contributed by atoms with Crippen LogP contribution in [0.4, 0.5) is 0 Å². The Balaban J connectivity index is 1.94. The van der Waals surface area contributed by atoms with Crippen LogP contribution in [-0.4, -0.2) is 9.81 Å². The second-order valence-electron chi connectivity index (χ2n) is 4.54. The highest BCUT2D eigenvalue weighted by atomic mass is 79.9. The molecule has 1 aliphatic carbocycles. The van der Waals surface area contributed by atoms with E-state index in [9.17, 15) is 0 Å². The first kappa shape index (κ1) is 11.6. The molecule has 0 bridgehead atoms. The molecule has 1 fully saturated rings. The number of thiazole rings is 1. The van der Waals surface area contributed by atoms with Gasteiger partial charge in [0.25, 0.3) is 0 Å². The predicted molar refractivity (Wildman–Crippen MR) is 69.7 cm³/mol. The van der Waals surface area contributed by atoms with Gasteiger partial charge in [-0.25, -0.2) is 0 Å². The Labute approximate surface area is 104 Å². The van der Waals surface area contributed by atoms with E-state index in [-0.39, 0.29) is 0 Å². The molecule has 0 saturated heterocycles. The molecule has 1 heterocycles. The Morgan fingerprint density at radius 1 is 1.53 bits per heavy atom. The van der Waals surface area contributed by atoms with Gasteiger partial charge in [0.15, 0.2) is 0 Å². The zero-order valence-electron chi connectivity index (χ0n) is 9.16. The maximum atomic E-state index is 4.16. The summed E-state index contributed by atoms with van der Waals surface area (Å²) in [5, 5.41) is 0. The third-order valence-corrected chi connectivity index (χ3v) is 5.53. The summed E-state index contributed by atoms with van der Waals surface area (Å²) >= 11 is 5.64. The lowest BCUT2D eigenvalue weighted by molar-refractivity contribution is 0.272. The molecule has 1 nitrogen and oxygen atoms in total. The molecule has 3 heteroatoms. The van der Waals surface area contributed by atoms with Gasteiger partial charge in [-0.2, -0.15) is 0 Å². The van der Waals surface area contributed by atoms with Gasteiger partial charge in [0.1, 0.15) is 0 Å². The number of hydrogen-bond acceptors (Lipinski definition) is 2. The third-order valence-electron chi connectivity index (χ3n) is 3.52. The minimum Gasteiger partial charge on any atom is -0.253 e. The lowest BCUT2D eigenvalue weighted by atomic mass is 9.78. The van der Waals surface area contributed by atoms with Crippen LogP contribution in [0.25, 0.3) is 0 Å². The summed E-state index contributed by atoms with van der Waals surface area (Å²) in [7, 11) is 0. The first-order valence-corrected chi connectivity index (χ1v) is 7.60. The molecule has 1 aromatic rings. The molecule has 84 valence electrons. The fraction of sp³-hybridized carbons (Fsp3) is 0.750. The zero-order valence-corrected chi connectivity index (χ0v) is 11.6. The molecule has 1 saturated carbocycles. The van der Waals surface area contributed by atoms with E-state index in [0.29, 0.717) is 0 Å². The van der Waals surface area contributed by atoms with Crippen molar-refractivity contribution >= 4 is 27.3 Å². The van der Waals surface area contributed by atoms with Crippen molar-refractivity contribution < 1.29 is 0 Å². The van der Waals surface area contributed by atoms with Crippen LogP contribution >= 0.6 is 27.3 Å². The first-order chi connectivity index (χ1) is 7.29. The summed E-state index contributed by atoms with van der Waals surface area (Å²) in [6, 6.07) is 0. The van der Waals surface area contributed by atoms with Gasteiger partial charge in [0.2, 0.25) is 0 Å². The summed E-state index contributed by atoms with van der Waals surface area (Å²) in [6.45, 7) is 2.32. The molecule has 0 aliphatic heterocycles. The van der Waals surface area contributed by atoms with Gasteiger partial charge in [-0.3, -0.25) is 4.98 Å². The monoisotopic (exact) mass is 287 g/mol. The van der Waals surface area contributed by atoms with Gasteiger partial charge in [-0.15, -0.1) is 11.3 Å². The van der Waals surface area contributed by atoms with Crippen LogP contribution in [0.1, 0.15) is 37.5 Å². The van der Waals surface area contributed by atoms with Crippen LogP contribution in [0.3, 0.4) is 0 Å². The lowest BCUT2D eigenvalue weighted by Gasteiger charge is -2.32. The van der Waals surface area contributed by atoms with E-state index in [1.165, 1.54) is 37.0 Å². The number of alkyl halides is 1. The Morgan fingerprint density at radius 3 is 3.07 bits per heavy atom. The minimum atomic E-state index is 0.724. The minimum absolute atomic E-state index is 0.724. The average Bonchev–Trinajstić information content (AvgIpc) is 2.74. The van der Waals surface area contributed by atoms with Crippen molar-refractivity contribution in [1.29, 1.82) is 0 Å². The van der Waals surface area contributed by atoms with Crippen molar-refractivity contribution in [1.82, 2.24) is 4.98 Å². The first-order valence-electron chi connectivity index (χ1n) is 5.81. The molecule has 1 aromatic heterocycles. The van der Waals surface area contributed by atoms with E-state index in [0.717, 1.165) is 16.7 Å². The van der Waals surface area contributed by atoms with Crippen molar-refractivity contribution in [3.8, 4) is 0 Å². The Bertz CT molecular complexity index is 286. The van der Waals surface area contributed by atoms with Crippen molar-refractivity contribution in [2.45, 2.75) is 43.9 Å². The van der Waals surface area contributed by atoms with Gasteiger partial charge >= 0.3 is 0 Å². The summed E-state index contributed by atoms with van der Waals surface area (Å²) in [5.41, 5.74) is 1.94. The molecule has 3 unspecified atom stereocenters. The maximum Gasteiger partial charge on any atom is 0.0794 e. The van der Waals surface area contributed by atoms with Crippen LogP contribution in [0, 0.1) is 11.8 Å². The number of aromatic nitrogens is 1. The van der Waals surface area contributed by atoms with Crippen LogP contribution in [-0.2, 0) is 6.42 Å². The molecule has 0 radical (unpaired) electrons. The van der Waals surface area contributed by atoms with Gasteiger partial charge in [-0.05, 0) is 37.5 Å². The normalized spacial score (nSPS) is 31.7. The molecule has 1 aliphatic rings. The fourth-order valence-corrected chi connectivity index (χ4v) is 3.86. The SMILES string of the molecule is CCC1CCC(Br)C(Cc2cncs2)C1. The van der Waals surface area contributed by atoms with Crippen LogP contribution < -0.4 is 0 Å². The van der Waals surface area contributed by atoms with Crippen LogP contribution in [0.15, 0.2) is 11.7 Å². The number of nitrogens with zero attached hydrogens (tertiary/aromatic N) is 1. The molecule has 0 aromatic carbocycles. The summed E-state index contributed by atoms with van der Waals surface area (Å²) in [6.07, 6.45) is 8.74. The quantitative estimate of drug-likeness (QED) is 0.757. The standard InChI is InChI=1S/C12H18BrNS/c1-2-9-3-4-12(13)10(5-9)6-11-7-14-8-15-11/h7-10,12H,2-6H2,1H3. The highest BCUT2D eigenvalue weighted by molar-refractivity contribution is 9.09. The Hall–Kier alpha value is 0.110. The second-order valence-corrected chi connectivity index (χ2v) is 6.68. The number of rotatable bonds is 3. The lowest BCUT2D eigenvalue weighted by Crippen LogP contribution is -2.26. The van der Waals surface area contributed by atoms with Crippen molar-refractivity contribution in [2.75, 3.05) is 0 Å². The molecular formula is C12H18BrNS. The Morgan fingerprint density at radius 2 is 2.40 bits per heavy atom. The second kappa shape index (κ2) is 5.44. The van der Waals surface area contributed by atoms with E-state index in [4.69, 9.17) is 0 Å². The smallest absolute Gasteiger partial charge is 0.0794 e. The molecular weight excluding hydrogens is 270 g/mol. The maximum absolute atomic E-state index is 4.16. The van der Waals surface area contributed by atoms with E-state index in [1.807, 2.05) is 11.7 Å².